The molecule has 1 aromatic carbocycles. The van der Waals surface area contributed by atoms with Crippen molar-refractivity contribution in [3.63, 3.8) is 0 Å². The van der Waals surface area contributed by atoms with Crippen LogP contribution in [0, 0.1) is 5.21 Å². The monoisotopic (exact) mass is 296 g/mol. The molecule has 2 heterocycles. The molecule has 2 aromatic rings. The van der Waals surface area contributed by atoms with Gasteiger partial charge in [0, 0.05) is 25.1 Å². The minimum atomic E-state index is -0.0481. The lowest BCUT2D eigenvalue weighted by Gasteiger charge is -2.24. The van der Waals surface area contributed by atoms with Gasteiger partial charge >= 0.3 is 0 Å². The first kappa shape index (κ1) is 14.6. The lowest BCUT2D eigenvalue weighted by Crippen LogP contribution is -2.36. The van der Waals surface area contributed by atoms with Crippen LogP contribution in [0.2, 0.25) is 0 Å². The molecule has 0 N–H and O–H groups in total. The van der Waals surface area contributed by atoms with Gasteiger partial charge in [-0.25, -0.2) is 0 Å². The molecule has 3 rings (SSSR count). The molecule has 114 valence electrons. The van der Waals surface area contributed by atoms with Crippen LogP contribution >= 0.6 is 0 Å². The predicted molar refractivity (Wildman–Crippen MR) is 84.3 cm³/mol. The highest BCUT2D eigenvalue weighted by molar-refractivity contribution is 5.93. The molecular weight excluding hydrogens is 276 g/mol. The third-order valence-corrected chi connectivity index (χ3v) is 4.25. The maximum Gasteiger partial charge on any atom is 0.259 e. The smallest absolute Gasteiger partial charge is 0.259 e. The van der Waals surface area contributed by atoms with Gasteiger partial charge in [0.1, 0.15) is 5.56 Å². The molecule has 1 amide bonds. The molecule has 4 nitrogen and oxygen atoms in total. The Morgan fingerprint density at radius 1 is 1.14 bits per heavy atom. The van der Waals surface area contributed by atoms with E-state index in [0.717, 1.165) is 32.4 Å². The fourth-order valence-corrected chi connectivity index (χ4v) is 3.09. The van der Waals surface area contributed by atoms with E-state index in [1.807, 2.05) is 23.1 Å². The number of carbonyl (C=O) groups excluding carboxylic acids is 1. The highest BCUT2D eigenvalue weighted by Crippen LogP contribution is 2.27. The molecule has 1 atom stereocenters. The van der Waals surface area contributed by atoms with Crippen molar-refractivity contribution in [1.82, 2.24) is 4.90 Å². The SMILES string of the molecule is O=C(c1ccc[n+]([O-])c1)N1CCCC[C@@H](c2ccccc2)C1. The summed E-state index contributed by atoms with van der Waals surface area (Å²) in [6, 6.07) is 13.7. The highest BCUT2D eigenvalue weighted by atomic mass is 16.5. The molecule has 1 aromatic heterocycles. The number of aromatic nitrogens is 1. The third kappa shape index (κ3) is 3.27. The first-order valence-corrected chi connectivity index (χ1v) is 7.77. The number of pyridine rings is 1. The van der Waals surface area contributed by atoms with Crippen molar-refractivity contribution in [3.8, 4) is 0 Å². The first-order valence-electron chi connectivity index (χ1n) is 7.77. The van der Waals surface area contributed by atoms with E-state index in [-0.39, 0.29) is 5.91 Å². The standard InChI is InChI=1S/C18H20N2O2/c21-18(17-10-6-12-20(22)14-17)19-11-5-4-9-16(13-19)15-7-2-1-3-8-15/h1-3,6-8,10,12,14,16H,4-5,9,11,13H2/t16-/m1/s1. The maximum atomic E-state index is 12.7. The van der Waals surface area contributed by atoms with E-state index < -0.39 is 0 Å². The molecule has 0 saturated carbocycles. The van der Waals surface area contributed by atoms with Gasteiger partial charge in [-0.1, -0.05) is 36.8 Å². The average molecular weight is 296 g/mol. The molecule has 0 spiro atoms. The number of likely N-dealkylation sites (tertiary alicyclic amines) is 1. The zero-order valence-electron chi connectivity index (χ0n) is 12.5. The van der Waals surface area contributed by atoms with Crippen LogP contribution in [0.25, 0.3) is 0 Å². The summed E-state index contributed by atoms with van der Waals surface area (Å²) in [5, 5.41) is 11.4. The number of amides is 1. The van der Waals surface area contributed by atoms with Crippen LogP contribution in [0.5, 0.6) is 0 Å². The van der Waals surface area contributed by atoms with E-state index in [1.54, 1.807) is 12.1 Å². The quantitative estimate of drug-likeness (QED) is 0.632. The molecule has 1 fully saturated rings. The number of hydrogen-bond donors (Lipinski definition) is 0. The Labute approximate surface area is 130 Å². The molecular formula is C18H20N2O2. The molecule has 0 bridgehead atoms. The molecule has 0 aliphatic carbocycles. The number of hydrogen-bond acceptors (Lipinski definition) is 2. The van der Waals surface area contributed by atoms with Gasteiger partial charge in [0.2, 0.25) is 0 Å². The van der Waals surface area contributed by atoms with Crippen LogP contribution in [0.1, 0.15) is 41.1 Å². The Hall–Kier alpha value is -2.36. The van der Waals surface area contributed by atoms with Crippen molar-refractivity contribution in [1.29, 1.82) is 0 Å². The summed E-state index contributed by atoms with van der Waals surface area (Å²) in [6.45, 7) is 1.48. The third-order valence-electron chi connectivity index (χ3n) is 4.25. The van der Waals surface area contributed by atoms with E-state index in [1.165, 1.54) is 18.0 Å². The van der Waals surface area contributed by atoms with Gasteiger partial charge in [-0.05, 0) is 24.5 Å². The number of nitrogens with zero attached hydrogens (tertiary/aromatic N) is 2. The highest BCUT2D eigenvalue weighted by Gasteiger charge is 2.24. The summed E-state index contributed by atoms with van der Waals surface area (Å²) < 4.78 is 0.680. The van der Waals surface area contributed by atoms with Crippen molar-refractivity contribution < 1.29 is 9.52 Å². The number of benzene rings is 1. The first-order chi connectivity index (χ1) is 10.7. The molecule has 4 heteroatoms. The summed E-state index contributed by atoms with van der Waals surface area (Å²) in [7, 11) is 0. The average Bonchev–Trinajstić information content (AvgIpc) is 2.81. The van der Waals surface area contributed by atoms with Crippen molar-refractivity contribution >= 4 is 5.91 Å². The Balaban J connectivity index is 1.79. The second-order valence-electron chi connectivity index (χ2n) is 5.81. The van der Waals surface area contributed by atoms with Crippen LogP contribution in [0.15, 0.2) is 54.9 Å². The van der Waals surface area contributed by atoms with E-state index in [0.29, 0.717) is 16.2 Å². The van der Waals surface area contributed by atoms with Gasteiger partial charge in [0.25, 0.3) is 5.91 Å². The molecule has 1 aliphatic heterocycles. The second-order valence-corrected chi connectivity index (χ2v) is 5.81. The second kappa shape index (κ2) is 6.60. The molecule has 0 unspecified atom stereocenters. The molecule has 1 aliphatic rings. The van der Waals surface area contributed by atoms with Crippen LogP contribution in [-0.4, -0.2) is 23.9 Å². The fraction of sp³-hybridized carbons (Fsp3) is 0.333. The van der Waals surface area contributed by atoms with Gasteiger partial charge in [-0.2, -0.15) is 4.73 Å². The van der Waals surface area contributed by atoms with Crippen molar-refractivity contribution in [2.45, 2.75) is 25.2 Å². The summed E-state index contributed by atoms with van der Waals surface area (Å²) in [6.07, 6.45) is 5.99. The summed E-state index contributed by atoms with van der Waals surface area (Å²) in [4.78, 5) is 14.5. The van der Waals surface area contributed by atoms with E-state index >= 15 is 0 Å². The van der Waals surface area contributed by atoms with Gasteiger partial charge in [-0.3, -0.25) is 4.79 Å². The van der Waals surface area contributed by atoms with E-state index in [2.05, 4.69) is 12.1 Å². The predicted octanol–water partition coefficient (Wildman–Crippen LogP) is 2.73. The van der Waals surface area contributed by atoms with Gasteiger partial charge in [0.15, 0.2) is 12.4 Å². The summed E-state index contributed by atoms with van der Waals surface area (Å²) >= 11 is 0. The van der Waals surface area contributed by atoms with Crippen molar-refractivity contribution in [3.05, 3.63) is 71.2 Å². The van der Waals surface area contributed by atoms with Crippen LogP contribution < -0.4 is 4.73 Å². The fourth-order valence-electron chi connectivity index (χ4n) is 3.09. The zero-order chi connectivity index (χ0) is 15.4. The Morgan fingerprint density at radius 2 is 1.95 bits per heavy atom. The molecule has 1 saturated heterocycles. The van der Waals surface area contributed by atoms with E-state index in [4.69, 9.17) is 0 Å². The summed E-state index contributed by atoms with van der Waals surface area (Å²) in [5.74, 6) is 0.323. The van der Waals surface area contributed by atoms with Crippen LogP contribution in [0.3, 0.4) is 0 Å². The minimum Gasteiger partial charge on any atom is -0.619 e. The lowest BCUT2D eigenvalue weighted by molar-refractivity contribution is -0.605. The molecule has 22 heavy (non-hydrogen) atoms. The summed E-state index contributed by atoms with van der Waals surface area (Å²) in [5.41, 5.74) is 1.75. The van der Waals surface area contributed by atoms with Crippen LogP contribution in [-0.2, 0) is 0 Å². The molecule has 0 radical (unpaired) electrons. The topological polar surface area (TPSA) is 47.2 Å². The Morgan fingerprint density at radius 3 is 2.73 bits per heavy atom. The Bertz CT molecular complexity index is 643. The number of carbonyl (C=O) groups is 1. The minimum absolute atomic E-state index is 0.0481. The number of rotatable bonds is 2. The lowest BCUT2D eigenvalue weighted by atomic mass is 9.94. The van der Waals surface area contributed by atoms with Gasteiger partial charge in [0.05, 0.1) is 0 Å². The van der Waals surface area contributed by atoms with Gasteiger partial charge < -0.3 is 10.1 Å². The van der Waals surface area contributed by atoms with E-state index in [9.17, 15) is 10.0 Å². The van der Waals surface area contributed by atoms with Gasteiger partial charge in [-0.15, -0.1) is 0 Å². The normalized spacial score (nSPS) is 18.7. The van der Waals surface area contributed by atoms with Crippen LogP contribution in [0.4, 0.5) is 0 Å². The zero-order valence-corrected chi connectivity index (χ0v) is 12.5. The maximum absolute atomic E-state index is 12.7. The largest absolute Gasteiger partial charge is 0.619 e. The Kier molecular flexibility index (Phi) is 4.37. The van der Waals surface area contributed by atoms with Crippen molar-refractivity contribution in [2.75, 3.05) is 13.1 Å². The van der Waals surface area contributed by atoms with Crippen molar-refractivity contribution in [2.24, 2.45) is 0 Å².